The fourth-order valence-corrected chi connectivity index (χ4v) is 6.52. The molecule has 36 heavy (non-hydrogen) atoms. The average molecular weight is 514 g/mol. The number of hydrogen-bond donors (Lipinski definition) is 4. The van der Waals surface area contributed by atoms with E-state index in [0.717, 1.165) is 36.3 Å². The standard InChI is InChI=1S/C26H32FN5O3S/c1-16(17-4-8-19(27)9-5-17)29-26(33)18-6-10-20(11-7-18)32-36(34,35)21-12-13-22-24(15-21)31-25(30-22)23-3-2-14-28-23/h4-5,8-9,12-13,15-16,18,20,23,28,32H,2-3,6-7,10-11,14H2,1H3,(H,29,33)(H,30,31)/t16-,18?,20?,23?/m1/s1. The van der Waals surface area contributed by atoms with Gasteiger partial charge in [0, 0.05) is 12.0 Å². The fraction of sp³-hybridized carbons (Fsp3) is 0.462. The van der Waals surface area contributed by atoms with Crippen molar-refractivity contribution in [1.82, 2.24) is 25.3 Å². The van der Waals surface area contributed by atoms with Gasteiger partial charge in [0.15, 0.2) is 0 Å². The van der Waals surface area contributed by atoms with Crippen molar-refractivity contribution < 1.29 is 17.6 Å². The van der Waals surface area contributed by atoms with E-state index in [-0.39, 0.29) is 40.7 Å². The van der Waals surface area contributed by atoms with Gasteiger partial charge >= 0.3 is 0 Å². The Kier molecular flexibility index (Phi) is 7.09. The largest absolute Gasteiger partial charge is 0.349 e. The zero-order chi connectivity index (χ0) is 25.3. The Labute approximate surface area is 210 Å². The van der Waals surface area contributed by atoms with E-state index in [1.54, 1.807) is 30.3 Å². The Bertz CT molecular complexity index is 1330. The molecule has 10 heteroatoms. The molecule has 5 rings (SSSR count). The number of halogens is 1. The first-order valence-corrected chi connectivity index (χ1v) is 14.1. The molecule has 4 N–H and O–H groups in total. The second-order valence-corrected chi connectivity index (χ2v) is 11.6. The van der Waals surface area contributed by atoms with Gasteiger partial charge in [-0.15, -0.1) is 0 Å². The van der Waals surface area contributed by atoms with Gasteiger partial charge < -0.3 is 15.6 Å². The maximum Gasteiger partial charge on any atom is 0.240 e. The molecule has 1 saturated heterocycles. The number of aromatic amines is 1. The molecular formula is C26H32FN5O3S. The van der Waals surface area contributed by atoms with Gasteiger partial charge in [-0.25, -0.2) is 22.5 Å². The van der Waals surface area contributed by atoms with E-state index >= 15 is 0 Å². The van der Waals surface area contributed by atoms with E-state index in [2.05, 4.69) is 25.3 Å². The number of nitrogens with zero attached hydrogens (tertiary/aromatic N) is 1. The van der Waals surface area contributed by atoms with Crippen LogP contribution >= 0.6 is 0 Å². The second-order valence-electron chi connectivity index (χ2n) is 9.90. The highest BCUT2D eigenvalue weighted by atomic mass is 32.2. The highest BCUT2D eigenvalue weighted by Crippen LogP contribution is 2.28. The Morgan fingerprint density at radius 2 is 1.83 bits per heavy atom. The molecule has 1 aliphatic heterocycles. The van der Waals surface area contributed by atoms with Gasteiger partial charge in [-0.1, -0.05) is 12.1 Å². The quantitative estimate of drug-likeness (QED) is 0.383. The summed E-state index contributed by atoms with van der Waals surface area (Å²) in [6, 6.07) is 10.8. The number of imidazole rings is 1. The van der Waals surface area contributed by atoms with Crippen LogP contribution in [0.25, 0.3) is 11.0 Å². The van der Waals surface area contributed by atoms with Crippen LogP contribution in [-0.4, -0.2) is 36.9 Å². The van der Waals surface area contributed by atoms with E-state index in [1.807, 2.05) is 6.92 Å². The highest BCUT2D eigenvalue weighted by molar-refractivity contribution is 7.89. The summed E-state index contributed by atoms with van der Waals surface area (Å²) < 4.78 is 42.1. The SMILES string of the molecule is C[C@@H](NC(=O)C1CCC(NS(=O)(=O)c2ccc3nc(C4CCCN4)[nH]c3c2)CC1)c1ccc(F)cc1. The van der Waals surface area contributed by atoms with Crippen LogP contribution in [0.1, 0.15) is 68.9 Å². The molecule has 192 valence electrons. The molecule has 8 nitrogen and oxygen atoms in total. The Hall–Kier alpha value is -2.82. The molecular weight excluding hydrogens is 481 g/mol. The van der Waals surface area contributed by atoms with Crippen LogP contribution in [0.4, 0.5) is 4.39 Å². The summed E-state index contributed by atoms with van der Waals surface area (Å²) in [5.41, 5.74) is 2.29. The second kappa shape index (κ2) is 10.3. The van der Waals surface area contributed by atoms with Gasteiger partial charge in [0.05, 0.1) is 28.0 Å². The van der Waals surface area contributed by atoms with Gasteiger partial charge in [-0.05, 0) is 87.9 Å². The monoisotopic (exact) mass is 513 g/mol. The van der Waals surface area contributed by atoms with Crippen molar-refractivity contribution in [3.8, 4) is 0 Å². The predicted molar refractivity (Wildman–Crippen MR) is 135 cm³/mol. The van der Waals surface area contributed by atoms with E-state index in [0.29, 0.717) is 31.2 Å². The number of amides is 1. The molecule has 0 spiro atoms. The Morgan fingerprint density at radius 3 is 2.53 bits per heavy atom. The van der Waals surface area contributed by atoms with Gasteiger partial charge in [-0.2, -0.15) is 0 Å². The van der Waals surface area contributed by atoms with Crippen LogP contribution in [0, 0.1) is 11.7 Å². The number of hydrogen-bond acceptors (Lipinski definition) is 5. The first kappa shape index (κ1) is 24.9. The molecule has 1 aromatic heterocycles. The molecule has 2 atom stereocenters. The van der Waals surface area contributed by atoms with Gasteiger partial charge in [0.2, 0.25) is 15.9 Å². The number of benzene rings is 2. The van der Waals surface area contributed by atoms with Crippen LogP contribution in [0.3, 0.4) is 0 Å². The minimum atomic E-state index is -3.70. The van der Waals surface area contributed by atoms with Crippen molar-refractivity contribution in [2.45, 2.75) is 68.5 Å². The number of nitrogens with one attached hydrogen (secondary N) is 4. The van der Waals surface area contributed by atoms with Crippen LogP contribution < -0.4 is 15.4 Å². The van der Waals surface area contributed by atoms with Crippen molar-refractivity contribution in [1.29, 1.82) is 0 Å². The molecule has 1 unspecified atom stereocenters. The summed E-state index contributed by atoms with van der Waals surface area (Å²) in [5, 5.41) is 6.40. The predicted octanol–water partition coefficient (Wildman–Crippen LogP) is 3.84. The maximum absolute atomic E-state index is 13.2. The number of aromatic nitrogens is 2. The molecule has 1 amide bonds. The third-order valence-electron chi connectivity index (χ3n) is 7.32. The summed E-state index contributed by atoms with van der Waals surface area (Å²) in [6.45, 7) is 2.83. The smallest absolute Gasteiger partial charge is 0.240 e. The van der Waals surface area contributed by atoms with Crippen molar-refractivity contribution in [3.05, 3.63) is 59.7 Å². The first-order valence-electron chi connectivity index (χ1n) is 12.6. The van der Waals surface area contributed by atoms with Gasteiger partial charge in [0.25, 0.3) is 0 Å². The molecule has 2 aliphatic rings. The average Bonchev–Trinajstić information content (AvgIpc) is 3.54. The lowest BCUT2D eigenvalue weighted by Gasteiger charge is -2.29. The number of carbonyl (C=O) groups excluding carboxylic acids is 1. The van der Waals surface area contributed by atoms with Crippen molar-refractivity contribution in [3.63, 3.8) is 0 Å². The zero-order valence-corrected chi connectivity index (χ0v) is 21.1. The molecule has 2 aromatic carbocycles. The summed E-state index contributed by atoms with van der Waals surface area (Å²) in [4.78, 5) is 20.8. The Balaban J connectivity index is 1.17. The lowest BCUT2D eigenvalue weighted by Crippen LogP contribution is -2.41. The van der Waals surface area contributed by atoms with E-state index in [1.165, 1.54) is 12.1 Å². The van der Waals surface area contributed by atoms with E-state index in [9.17, 15) is 17.6 Å². The molecule has 0 radical (unpaired) electrons. The normalized spacial score (nSPS) is 23.6. The van der Waals surface area contributed by atoms with Crippen molar-refractivity contribution >= 4 is 27.0 Å². The third-order valence-corrected chi connectivity index (χ3v) is 8.84. The van der Waals surface area contributed by atoms with Gasteiger partial charge in [-0.3, -0.25) is 4.79 Å². The van der Waals surface area contributed by atoms with Crippen molar-refractivity contribution in [2.24, 2.45) is 5.92 Å². The van der Waals surface area contributed by atoms with Crippen LogP contribution in [0.15, 0.2) is 47.4 Å². The van der Waals surface area contributed by atoms with Crippen molar-refractivity contribution in [2.75, 3.05) is 6.54 Å². The summed E-state index contributed by atoms with van der Waals surface area (Å²) >= 11 is 0. The number of carbonyl (C=O) groups is 1. The number of rotatable bonds is 7. The first-order chi connectivity index (χ1) is 17.3. The molecule has 3 aromatic rings. The third kappa shape index (κ3) is 5.45. The number of sulfonamides is 1. The minimum Gasteiger partial charge on any atom is -0.349 e. The lowest BCUT2D eigenvalue weighted by atomic mass is 9.85. The Morgan fingerprint density at radius 1 is 1.08 bits per heavy atom. The van der Waals surface area contributed by atoms with Crippen LogP contribution in [-0.2, 0) is 14.8 Å². The maximum atomic E-state index is 13.2. The highest BCUT2D eigenvalue weighted by Gasteiger charge is 2.30. The van der Waals surface area contributed by atoms with Crippen LogP contribution in [0.2, 0.25) is 0 Å². The minimum absolute atomic E-state index is 0.0506. The fourth-order valence-electron chi connectivity index (χ4n) is 5.19. The molecule has 2 fully saturated rings. The summed E-state index contributed by atoms with van der Waals surface area (Å²) in [7, 11) is -3.70. The molecule has 1 saturated carbocycles. The number of fused-ring (bicyclic) bond motifs is 1. The van der Waals surface area contributed by atoms with E-state index in [4.69, 9.17) is 0 Å². The van der Waals surface area contributed by atoms with E-state index < -0.39 is 10.0 Å². The van der Waals surface area contributed by atoms with Gasteiger partial charge in [0.1, 0.15) is 11.6 Å². The van der Waals surface area contributed by atoms with Crippen LogP contribution in [0.5, 0.6) is 0 Å². The zero-order valence-electron chi connectivity index (χ0n) is 20.3. The summed E-state index contributed by atoms with van der Waals surface area (Å²) in [5.74, 6) is 0.312. The molecule has 1 aliphatic carbocycles. The summed E-state index contributed by atoms with van der Waals surface area (Å²) in [6.07, 6.45) is 4.50. The number of H-pyrrole nitrogens is 1. The molecule has 0 bridgehead atoms. The lowest BCUT2D eigenvalue weighted by molar-refractivity contribution is -0.126. The topological polar surface area (TPSA) is 116 Å². The molecule has 2 heterocycles.